The Bertz CT molecular complexity index is 77.9. The van der Waals surface area contributed by atoms with Crippen molar-refractivity contribution in [3.63, 3.8) is 0 Å². The number of thiol groups is 1. The first-order chi connectivity index (χ1) is 5.85. The van der Waals surface area contributed by atoms with E-state index < -0.39 is 0 Å². The van der Waals surface area contributed by atoms with Crippen molar-refractivity contribution in [2.24, 2.45) is 0 Å². The van der Waals surface area contributed by atoms with E-state index in [1.807, 2.05) is 0 Å². The molecule has 0 bridgehead atoms. The van der Waals surface area contributed by atoms with Crippen LogP contribution in [0.25, 0.3) is 0 Å². The normalized spacial score (nSPS) is 11.0. The fraction of sp³-hybridized carbons (Fsp3) is 1.00. The molecule has 0 aromatic rings. The molecule has 74 valence electrons. The van der Waals surface area contributed by atoms with E-state index in [2.05, 4.69) is 26.5 Å². The van der Waals surface area contributed by atoms with Gasteiger partial charge in [-0.05, 0) is 12.8 Å². The molecular weight excluding hydrogens is 166 g/mol. The highest BCUT2D eigenvalue weighted by Crippen LogP contribution is 1.83. The molecule has 1 nitrogen and oxygen atoms in total. The first-order valence-corrected chi connectivity index (χ1v) is 5.92. The number of hydrogen-bond donors (Lipinski definition) is 2. The summed E-state index contributed by atoms with van der Waals surface area (Å²) in [6, 6.07) is 0. The van der Waals surface area contributed by atoms with E-state index in [1.165, 1.54) is 45.3 Å². The van der Waals surface area contributed by atoms with Crippen molar-refractivity contribution in [1.82, 2.24) is 0 Å². The van der Waals surface area contributed by atoms with Crippen LogP contribution >= 0.6 is 12.6 Å². The highest BCUT2D eigenvalue weighted by Gasteiger charge is 2.04. The molecule has 0 aromatic carbocycles. The molecule has 0 aromatic heterocycles. The first-order valence-electron chi connectivity index (χ1n) is 5.29. The average molecular weight is 190 g/mol. The second-order valence-electron chi connectivity index (χ2n) is 3.43. The quantitative estimate of drug-likeness (QED) is 0.533. The summed E-state index contributed by atoms with van der Waals surface area (Å²) >= 11 is 4.28. The second-order valence-corrected chi connectivity index (χ2v) is 3.88. The van der Waals surface area contributed by atoms with Crippen LogP contribution in [0.2, 0.25) is 0 Å². The molecule has 0 unspecified atom stereocenters. The summed E-state index contributed by atoms with van der Waals surface area (Å²) < 4.78 is 0. The van der Waals surface area contributed by atoms with Crippen LogP contribution in [0, 0.1) is 0 Å². The van der Waals surface area contributed by atoms with Gasteiger partial charge in [0.25, 0.3) is 0 Å². The van der Waals surface area contributed by atoms with Gasteiger partial charge in [-0.2, -0.15) is 12.6 Å². The van der Waals surface area contributed by atoms with Crippen LogP contribution in [-0.4, -0.2) is 25.4 Å². The Morgan fingerprint density at radius 1 is 0.917 bits per heavy atom. The van der Waals surface area contributed by atoms with E-state index in [0.29, 0.717) is 0 Å². The van der Waals surface area contributed by atoms with Gasteiger partial charge in [-0.15, -0.1) is 0 Å². The number of hydrogen-bond acceptors (Lipinski definition) is 1. The van der Waals surface area contributed by atoms with Gasteiger partial charge in [-0.3, -0.25) is 0 Å². The van der Waals surface area contributed by atoms with Crippen molar-refractivity contribution in [3.05, 3.63) is 0 Å². The van der Waals surface area contributed by atoms with E-state index in [4.69, 9.17) is 0 Å². The molecule has 0 aliphatic carbocycles. The van der Waals surface area contributed by atoms with Crippen LogP contribution in [0.1, 0.15) is 39.5 Å². The summed E-state index contributed by atoms with van der Waals surface area (Å²) in [7, 11) is 0. The standard InChI is InChI=1S/C10H23NS/c1-3-5-7-11(9-10-12)8-6-4-2/h12H,3-10H2,1-2H3/p+1. The number of nitrogens with one attached hydrogen (secondary N) is 1. The van der Waals surface area contributed by atoms with Crippen LogP contribution in [0.15, 0.2) is 0 Å². The van der Waals surface area contributed by atoms with Crippen molar-refractivity contribution < 1.29 is 4.90 Å². The Balaban J connectivity index is 3.40. The molecule has 0 saturated heterocycles. The molecule has 0 aliphatic rings. The van der Waals surface area contributed by atoms with Crippen molar-refractivity contribution in [3.8, 4) is 0 Å². The van der Waals surface area contributed by atoms with Crippen molar-refractivity contribution in [2.75, 3.05) is 25.4 Å². The molecule has 0 amide bonds. The highest BCUT2D eigenvalue weighted by molar-refractivity contribution is 7.80. The van der Waals surface area contributed by atoms with Gasteiger partial charge in [0.2, 0.25) is 0 Å². The minimum atomic E-state index is 1.03. The predicted molar refractivity (Wildman–Crippen MR) is 59.2 cm³/mol. The molecule has 1 N–H and O–H groups in total. The smallest absolute Gasteiger partial charge is 0.0860 e. The molecule has 0 spiro atoms. The Hall–Kier alpha value is 0.310. The maximum atomic E-state index is 4.28. The third-order valence-corrected chi connectivity index (χ3v) is 2.46. The molecule has 0 saturated carbocycles. The molecule has 0 rings (SSSR count). The molecule has 2 heteroatoms. The van der Waals surface area contributed by atoms with Gasteiger partial charge in [-0.1, -0.05) is 26.7 Å². The summed E-state index contributed by atoms with van der Waals surface area (Å²) in [5.41, 5.74) is 0. The van der Waals surface area contributed by atoms with Gasteiger partial charge in [0.05, 0.1) is 19.6 Å². The summed E-state index contributed by atoms with van der Waals surface area (Å²) in [5.74, 6) is 1.03. The average Bonchev–Trinajstić information content (AvgIpc) is 2.10. The maximum absolute atomic E-state index is 4.28. The molecule has 0 heterocycles. The van der Waals surface area contributed by atoms with Crippen LogP contribution < -0.4 is 4.90 Å². The third kappa shape index (κ3) is 6.99. The van der Waals surface area contributed by atoms with Crippen LogP contribution in [0.3, 0.4) is 0 Å². The predicted octanol–water partition coefficient (Wildman–Crippen LogP) is 1.40. The van der Waals surface area contributed by atoms with Gasteiger partial charge in [0, 0.05) is 5.75 Å². The lowest BCUT2D eigenvalue weighted by Crippen LogP contribution is -3.12. The fourth-order valence-corrected chi connectivity index (χ4v) is 1.70. The van der Waals surface area contributed by atoms with E-state index >= 15 is 0 Å². The molecular formula is C10H24NS+. The van der Waals surface area contributed by atoms with E-state index in [1.54, 1.807) is 4.90 Å². The fourth-order valence-electron chi connectivity index (χ4n) is 1.39. The molecule has 0 radical (unpaired) electrons. The zero-order valence-corrected chi connectivity index (χ0v) is 9.50. The van der Waals surface area contributed by atoms with Crippen molar-refractivity contribution >= 4 is 12.6 Å². The molecule has 0 fully saturated rings. The zero-order chi connectivity index (χ0) is 9.23. The molecule has 0 aliphatic heterocycles. The topological polar surface area (TPSA) is 4.44 Å². The minimum Gasteiger partial charge on any atom is -0.334 e. The maximum Gasteiger partial charge on any atom is 0.0860 e. The van der Waals surface area contributed by atoms with E-state index in [0.717, 1.165) is 5.75 Å². The third-order valence-electron chi connectivity index (χ3n) is 2.23. The lowest BCUT2D eigenvalue weighted by atomic mass is 10.2. The minimum absolute atomic E-state index is 1.03. The van der Waals surface area contributed by atoms with Gasteiger partial charge >= 0.3 is 0 Å². The molecule has 0 atom stereocenters. The summed E-state index contributed by atoms with van der Waals surface area (Å²) in [4.78, 5) is 1.74. The van der Waals surface area contributed by atoms with Crippen molar-refractivity contribution in [2.45, 2.75) is 39.5 Å². The zero-order valence-electron chi connectivity index (χ0n) is 8.60. The lowest BCUT2D eigenvalue weighted by Gasteiger charge is -2.17. The Morgan fingerprint density at radius 2 is 1.42 bits per heavy atom. The summed E-state index contributed by atoms with van der Waals surface area (Å²) in [6.07, 6.45) is 5.38. The number of rotatable bonds is 8. The van der Waals surface area contributed by atoms with E-state index in [-0.39, 0.29) is 0 Å². The largest absolute Gasteiger partial charge is 0.334 e. The van der Waals surface area contributed by atoms with Crippen LogP contribution in [0.5, 0.6) is 0 Å². The monoisotopic (exact) mass is 190 g/mol. The Labute approximate surface area is 82.9 Å². The van der Waals surface area contributed by atoms with Crippen LogP contribution in [-0.2, 0) is 0 Å². The summed E-state index contributed by atoms with van der Waals surface area (Å²) in [6.45, 7) is 8.45. The Morgan fingerprint density at radius 3 is 1.75 bits per heavy atom. The molecule has 12 heavy (non-hydrogen) atoms. The summed E-state index contributed by atoms with van der Waals surface area (Å²) in [5, 5.41) is 0. The van der Waals surface area contributed by atoms with Gasteiger partial charge < -0.3 is 4.90 Å². The van der Waals surface area contributed by atoms with Crippen LogP contribution in [0.4, 0.5) is 0 Å². The highest BCUT2D eigenvalue weighted by atomic mass is 32.1. The second kappa shape index (κ2) is 9.40. The van der Waals surface area contributed by atoms with E-state index in [9.17, 15) is 0 Å². The first kappa shape index (κ1) is 12.3. The number of unbranched alkanes of at least 4 members (excludes halogenated alkanes) is 2. The van der Waals surface area contributed by atoms with Gasteiger partial charge in [-0.25, -0.2) is 0 Å². The Kier molecular flexibility index (Phi) is 9.64. The SMILES string of the molecule is CCCC[NH+](CCS)CCCC. The lowest BCUT2D eigenvalue weighted by molar-refractivity contribution is -0.898. The number of quaternary nitrogens is 1. The van der Waals surface area contributed by atoms with Gasteiger partial charge in [0.1, 0.15) is 0 Å². The van der Waals surface area contributed by atoms with Crippen molar-refractivity contribution in [1.29, 1.82) is 0 Å². The van der Waals surface area contributed by atoms with Gasteiger partial charge in [0.15, 0.2) is 0 Å².